The number of carbonyl (C=O) groups is 3. The van der Waals surface area contributed by atoms with Gasteiger partial charge in [0.15, 0.2) is 5.69 Å². The predicted molar refractivity (Wildman–Crippen MR) is 70.8 cm³/mol. The lowest BCUT2D eigenvalue weighted by atomic mass is 9.90. The van der Waals surface area contributed by atoms with Crippen molar-refractivity contribution in [2.45, 2.75) is 32.7 Å². The van der Waals surface area contributed by atoms with Gasteiger partial charge in [-0.3, -0.25) is 9.69 Å². The van der Waals surface area contributed by atoms with Gasteiger partial charge in [-0.15, -0.1) is 5.10 Å². The molecule has 0 bridgehead atoms. The average molecular weight is 295 g/mol. The van der Waals surface area contributed by atoms with Crippen molar-refractivity contribution in [3.8, 4) is 0 Å². The van der Waals surface area contributed by atoms with Crippen LogP contribution >= 0.6 is 0 Å². The number of aromatic nitrogens is 3. The SMILES string of the molecule is CC(C)(C)c1c(C(=O)O)nnn1CC(=O)N1CCNC1=O. The molecule has 1 aromatic rings. The molecule has 114 valence electrons. The Morgan fingerprint density at radius 1 is 1.38 bits per heavy atom. The average Bonchev–Trinajstić information content (AvgIpc) is 2.94. The summed E-state index contributed by atoms with van der Waals surface area (Å²) in [6, 6.07) is -0.448. The van der Waals surface area contributed by atoms with Crippen LogP contribution < -0.4 is 5.32 Å². The molecule has 9 heteroatoms. The van der Waals surface area contributed by atoms with Gasteiger partial charge in [0.2, 0.25) is 0 Å². The monoisotopic (exact) mass is 295 g/mol. The summed E-state index contributed by atoms with van der Waals surface area (Å²) in [7, 11) is 0. The van der Waals surface area contributed by atoms with Gasteiger partial charge < -0.3 is 10.4 Å². The van der Waals surface area contributed by atoms with Crippen molar-refractivity contribution >= 4 is 17.9 Å². The molecule has 1 saturated heterocycles. The van der Waals surface area contributed by atoms with Crippen LogP contribution in [0.25, 0.3) is 0 Å². The third kappa shape index (κ3) is 2.86. The summed E-state index contributed by atoms with van der Waals surface area (Å²) >= 11 is 0. The van der Waals surface area contributed by atoms with E-state index in [2.05, 4.69) is 15.6 Å². The largest absolute Gasteiger partial charge is 0.476 e. The maximum Gasteiger partial charge on any atom is 0.358 e. The third-order valence-corrected chi connectivity index (χ3v) is 3.09. The molecule has 1 fully saturated rings. The van der Waals surface area contributed by atoms with Crippen LogP contribution in [0, 0.1) is 0 Å². The highest BCUT2D eigenvalue weighted by Gasteiger charge is 2.32. The van der Waals surface area contributed by atoms with Crippen molar-refractivity contribution in [1.29, 1.82) is 0 Å². The molecule has 2 N–H and O–H groups in total. The fraction of sp³-hybridized carbons (Fsp3) is 0.583. The number of aromatic carboxylic acids is 1. The number of carbonyl (C=O) groups excluding carboxylic acids is 2. The minimum atomic E-state index is -1.20. The van der Waals surface area contributed by atoms with Gasteiger partial charge >= 0.3 is 12.0 Å². The van der Waals surface area contributed by atoms with Crippen LogP contribution in [0.2, 0.25) is 0 Å². The van der Waals surface area contributed by atoms with Crippen LogP contribution in [-0.2, 0) is 16.8 Å². The second-order valence-electron chi connectivity index (χ2n) is 5.78. The molecule has 2 heterocycles. The summed E-state index contributed by atoms with van der Waals surface area (Å²) in [6.45, 7) is 5.91. The molecule has 3 amide bonds. The second-order valence-corrected chi connectivity index (χ2v) is 5.78. The van der Waals surface area contributed by atoms with Gasteiger partial charge in [0.1, 0.15) is 6.54 Å². The molecule has 0 aromatic carbocycles. The summed E-state index contributed by atoms with van der Waals surface area (Å²) in [6.07, 6.45) is 0. The molecule has 21 heavy (non-hydrogen) atoms. The van der Waals surface area contributed by atoms with E-state index in [1.165, 1.54) is 4.68 Å². The summed E-state index contributed by atoms with van der Waals surface area (Å²) in [4.78, 5) is 35.8. The van der Waals surface area contributed by atoms with E-state index >= 15 is 0 Å². The molecule has 1 aliphatic rings. The van der Waals surface area contributed by atoms with Gasteiger partial charge in [-0.25, -0.2) is 14.3 Å². The first-order valence-corrected chi connectivity index (χ1v) is 6.47. The van der Waals surface area contributed by atoms with Crippen molar-refractivity contribution in [3.05, 3.63) is 11.4 Å². The fourth-order valence-corrected chi connectivity index (χ4v) is 2.23. The molecule has 2 rings (SSSR count). The Morgan fingerprint density at radius 3 is 2.52 bits per heavy atom. The second kappa shape index (κ2) is 5.15. The molecule has 0 radical (unpaired) electrons. The molecular formula is C12H17N5O4. The smallest absolute Gasteiger partial charge is 0.358 e. The van der Waals surface area contributed by atoms with Crippen molar-refractivity contribution in [3.63, 3.8) is 0 Å². The molecule has 0 atom stereocenters. The first-order valence-electron chi connectivity index (χ1n) is 6.47. The molecular weight excluding hydrogens is 278 g/mol. The van der Waals surface area contributed by atoms with Crippen LogP contribution in [0.1, 0.15) is 37.0 Å². The maximum absolute atomic E-state index is 12.1. The number of carboxylic acids is 1. The number of urea groups is 1. The lowest BCUT2D eigenvalue weighted by Crippen LogP contribution is -2.37. The highest BCUT2D eigenvalue weighted by molar-refractivity contribution is 5.95. The van der Waals surface area contributed by atoms with E-state index in [1.807, 2.05) is 20.8 Å². The maximum atomic E-state index is 12.1. The fourth-order valence-electron chi connectivity index (χ4n) is 2.23. The van der Waals surface area contributed by atoms with Crippen LogP contribution in [0.4, 0.5) is 4.79 Å². The van der Waals surface area contributed by atoms with Gasteiger partial charge in [-0.1, -0.05) is 26.0 Å². The summed E-state index contributed by atoms with van der Waals surface area (Å²) < 4.78 is 1.25. The Morgan fingerprint density at radius 2 is 2.05 bits per heavy atom. The van der Waals surface area contributed by atoms with Crippen LogP contribution in [0.15, 0.2) is 0 Å². The minimum Gasteiger partial charge on any atom is -0.476 e. The van der Waals surface area contributed by atoms with Gasteiger partial charge in [0, 0.05) is 18.5 Å². The van der Waals surface area contributed by atoms with E-state index in [1.54, 1.807) is 0 Å². The van der Waals surface area contributed by atoms with Crippen molar-refractivity contribution in [2.75, 3.05) is 13.1 Å². The Balaban J connectivity index is 2.30. The first kappa shape index (κ1) is 14.9. The normalized spacial score (nSPS) is 15.2. The Kier molecular flexibility index (Phi) is 3.67. The zero-order valence-corrected chi connectivity index (χ0v) is 12.1. The number of hydrogen-bond acceptors (Lipinski definition) is 5. The van der Waals surface area contributed by atoms with Gasteiger partial charge in [0.25, 0.3) is 5.91 Å². The quantitative estimate of drug-likeness (QED) is 0.799. The number of hydrogen-bond donors (Lipinski definition) is 2. The molecule has 9 nitrogen and oxygen atoms in total. The Hall–Kier alpha value is -2.45. The topological polar surface area (TPSA) is 117 Å². The zero-order valence-electron chi connectivity index (χ0n) is 12.1. The standard InChI is InChI=1S/C12H17N5O4/c1-12(2,3)9-8(10(19)20)14-15-17(9)6-7(18)16-5-4-13-11(16)21/h4-6H2,1-3H3,(H,13,21)(H,19,20). The predicted octanol–water partition coefficient (Wildman–Crippen LogP) is -0.174. The molecule has 0 unspecified atom stereocenters. The Labute approximate surface area is 120 Å². The number of imide groups is 1. The lowest BCUT2D eigenvalue weighted by Gasteiger charge is -2.21. The molecule has 1 aromatic heterocycles. The van der Waals surface area contributed by atoms with Gasteiger partial charge in [0.05, 0.1) is 5.69 Å². The molecule has 1 aliphatic heterocycles. The first-order chi connectivity index (χ1) is 9.71. The summed E-state index contributed by atoms with van der Waals surface area (Å²) in [5, 5.41) is 19.1. The number of amides is 3. The Bertz CT molecular complexity index is 601. The van der Waals surface area contributed by atoms with Crippen LogP contribution in [0.5, 0.6) is 0 Å². The third-order valence-electron chi connectivity index (χ3n) is 3.09. The highest BCUT2D eigenvalue weighted by atomic mass is 16.4. The number of nitrogens with zero attached hydrogens (tertiary/aromatic N) is 4. The van der Waals surface area contributed by atoms with E-state index in [9.17, 15) is 14.4 Å². The van der Waals surface area contributed by atoms with Crippen molar-refractivity contribution < 1.29 is 19.5 Å². The highest BCUT2D eigenvalue weighted by Crippen LogP contribution is 2.24. The van der Waals surface area contributed by atoms with E-state index in [4.69, 9.17) is 5.11 Å². The van der Waals surface area contributed by atoms with E-state index in [0.717, 1.165) is 4.90 Å². The van der Waals surface area contributed by atoms with Crippen molar-refractivity contribution in [1.82, 2.24) is 25.2 Å². The summed E-state index contributed by atoms with van der Waals surface area (Å²) in [5.74, 6) is -1.64. The zero-order chi connectivity index (χ0) is 15.8. The lowest BCUT2D eigenvalue weighted by molar-refractivity contribution is -0.128. The van der Waals surface area contributed by atoms with Crippen LogP contribution in [-0.4, -0.2) is 56.0 Å². The molecule has 0 spiro atoms. The van der Waals surface area contributed by atoms with Gasteiger partial charge in [-0.2, -0.15) is 0 Å². The molecule has 0 saturated carbocycles. The number of rotatable bonds is 3. The minimum absolute atomic E-state index is 0.179. The van der Waals surface area contributed by atoms with E-state index < -0.39 is 23.3 Å². The van der Waals surface area contributed by atoms with Gasteiger partial charge in [-0.05, 0) is 0 Å². The van der Waals surface area contributed by atoms with E-state index in [-0.39, 0.29) is 12.2 Å². The van der Waals surface area contributed by atoms with Crippen LogP contribution in [0.3, 0.4) is 0 Å². The molecule has 0 aliphatic carbocycles. The van der Waals surface area contributed by atoms with E-state index in [0.29, 0.717) is 18.8 Å². The summed E-state index contributed by atoms with van der Waals surface area (Å²) in [5.41, 5.74) is -0.380. The van der Waals surface area contributed by atoms with Crippen molar-refractivity contribution in [2.24, 2.45) is 0 Å². The number of carboxylic acid groups (broad SMARTS) is 1. The number of nitrogens with one attached hydrogen (secondary N) is 1.